The number of rotatable bonds is 6. The molecule has 1 amide bonds. The first kappa shape index (κ1) is 18.5. The van der Waals surface area contributed by atoms with E-state index < -0.39 is 15.1 Å². The Morgan fingerprint density at radius 2 is 1.65 bits per heavy atom. The van der Waals surface area contributed by atoms with Crippen LogP contribution in [0.5, 0.6) is 11.5 Å². The van der Waals surface area contributed by atoms with Gasteiger partial charge in [-0.3, -0.25) is 4.79 Å². The van der Waals surface area contributed by atoms with Gasteiger partial charge in [0.25, 0.3) is 0 Å². The molecule has 2 aromatic rings. The topological polar surface area (TPSA) is 63.7 Å². The summed E-state index contributed by atoms with van der Waals surface area (Å²) in [5.41, 5.74) is 0.553. The number of ether oxygens (including phenoxy) is 1. The van der Waals surface area contributed by atoms with Crippen LogP contribution in [-0.4, -0.2) is 37.6 Å². The second-order valence-electron chi connectivity index (χ2n) is 6.50. The Hall–Kier alpha value is -2.34. The Balaban J connectivity index is 1.78. The maximum absolute atomic E-state index is 12.8. The minimum Gasteiger partial charge on any atom is -0.457 e. The van der Waals surface area contributed by atoms with Crippen LogP contribution in [0.3, 0.4) is 0 Å². The number of amides is 1. The summed E-state index contributed by atoms with van der Waals surface area (Å²) in [4.78, 5) is 14.1. The van der Waals surface area contributed by atoms with Crippen LogP contribution < -0.4 is 4.74 Å². The van der Waals surface area contributed by atoms with E-state index >= 15 is 0 Å². The van der Waals surface area contributed by atoms with E-state index in [1.54, 1.807) is 29.2 Å². The zero-order valence-corrected chi connectivity index (χ0v) is 15.6. The summed E-state index contributed by atoms with van der Waals surface area (Å²) in [6, 6.07) is 16.2. The van der Waals surface area contributed by atoms with Crippen molar-refractivity contribution in [1.29, 1.82) is 0 Å². The molecule has 0 bridgehead atoms. The molecular formula is C20H23NO4S. The van der Waals surface area contributed by atoms with E-state index in [-0.39, 0.29) is 11.7 Å². The summed E-state index contributed by atoms with van der Waals surface area (Å²) in [7, 11) is -3.64. The Morgan fingerprint density at radius 3 is 2.35 bits per heavy atom. The van der Waals surface area contributed by atoms with Gasteiger partial charge in [0.1, 0.15) is 16.7 Å². The van der Waals surface area contributed by atoms with E-state index in [1.165, 1.54) is 6.92 Å². The largest absolute Gasteiger partial charge is 0.457 e. The number of hydrogen-bond donors (Lipinski definition) is 0. The first-order valence-electron chi connectivity index (χ1n) is 8.78. The van der Waals surface area contributed by atoms with Gasteiger partial charge in [-0.2, -0.15) is 0 Å². The van der Waals surface area contributed by atoms with E-state index in [0.29, 0.717) is 30.2 Å². The lowest BCUT2D eigenvalue weighted by atomic mass is 10.2. The van der Waals surface area contributed by atoms with E-state index in [4.69, 9.17) is 4.74 Å². The third kappa shape index (κ3) is 4.25. The van der Waals surface area contributed by atoms with Crippen LogP contribution in [0.2, 0.25) is 0 Å². The Bertz CT molecular complexity index is 858. The molecular weight excluding hydrogens is 350 g/mol. The van der Waals surface area contributed by atoms with Crippen LogP contribution in [0.25, 0.3) is 0 Å². The quantitative estimate of drug-likeness (QED) is 0.778. The number of para-hydroxylation sites is 2. The average Bonchev–Trinajstić information content (AvgIpc) is 3.17. The van der Waals surface area contributed by atoms with Crippen molar-refractivity contribution >= 4 is 15.7 Å². The van der Waals surface area contributed by atoms with Crippen LogP contribution in [-0.2, 0) is 20.4 Å². The normalized spacial score (nSPS) is 15.7. The summed E-state index contributed by atoms with van der Waals surface area (Å²) in [5, 5.41) is -1.05. The predicted octanol–water partition coefficient (Wildman–Crippen LogP) is 3.40. The fourth-order valence-corrected chi connectivity index (χ4v) is 4.41. The van der Waals surface area contributed by atoms with Crippen LogP contribution in [0, 0.1) is 0 Å². The van der Waals surface area contributed by atoms with Crippen LogP contribution >= 0.6 is 0 Å². The molecule has 0 N–H and O–H groups in total. The number of likely N-dealkylation sites (tertiary alicyclic amines) is 1. The summed E-state index contributed by atoms with van der Waals surface area (Å²) < 4.78 is 31.4. The van der Waals surface area contributed by atoms with Crippen molar-refractivity contribution < 1.29 is 17.9 Å². The number of nitrogens with zero attached hydrogens (tertiary/aromatic N) is 1. The van der Waals surface area contributed by atoms with Crippen LogP contribution in [0.4, 0.5) is 0 Å². The lowest BCUT2D eigenvalue weighted by Gasteiger charge is -2.21. The number of sulfone groups is 1. The monoisotopic (exact) mass is 373 g/mol. The number of carbonyl (C=O) groups excluding carboxylic acids is 1. The van der Waals surface area contributed by atoms with Crippen molar-refractivity contribution in [3.8, 4) is 11.5 Å². The second-order valence-corrected chi connectivity index (χ2v) is 8.83. The average molecular weight is 373 g/mol. The maximum atomic E-state index is 12.8. The van der Waals surface area contributed by atoms with Gasteiger partial charge in [0.2, 0.25) is 5.91 Å². The third-order valence-electron chi connectivity index (χ3n) is 4.60. The van der Waals surface area contributed by atoms with Crippen molar-refractivity contribution in [2.75, 3.05) is 13.1 Å². The van der Waals surface area contributed by atoms with E-state index in [0.717, 1.165) is 12.8 Å². The van der Waals surface area contributed by atoms with Crippen molar-refractivity contribution in [1.82, 2.24) is 4.90 Å². The Kier molecular flexibility index (Phi) is 5.61. The summed E-state index contributed by atoms with van der Waals surface area (Å²) in [6.45, 7) is 2.77. The molecule has 1 atom stereocenters. The first-order chi connectivity index (χ1) is 12.5. The van der Waals surface area contributed by atoms with Gasteiger partial charge in [-0.15, -0.1) is 0 Å². The fourth-order valence-electron chi connectivity index (χ4n) is 3.03. The highest BCUT2D eigenvalue weighted by atomic mass is 32.2. The highest BCUT2D eigenvalue weighted by molar-refractivity contribution is 7.92. The molecule has 1 unspecified atom stereocenters. The second kappa shape index (κ2) is 7.91. The van der Waals surface area contributed by atoms with Gasteiger partial charge in [0.05, 0.1) is 5.75 Å². The molecule has 0 radical (unpaired) electrons. The molecule has 0 aliphatic carbocycles. The highest BCUT2D eigenvalue weighted by Gasteiger charge is 2.33. The molecule has 26 heavy (non-hydrogen) atoms. The maximum Gasteiger partial charge on any atom is 0.240 e. The van der Waals surface area contributed by atoms with Gasteiger partial charge in [-0.05, 0) is 38.0 Å². The molecule has 0 spiro atoms. The van der Waals surface area contributed by atoms with Crippen LogP contribution in [0.15, 0.2) is 54.6 Å². The van der Waals surface area contributed by atoms with E-state index in [2.05, 4.69) is 0 Å². The number of hydrogen-bond acceptors (Lipinski definition) is 4. The number of carbonyl (C=O) groups is 1. The first-order valence-corrected chi connectivity index (χ1v) is 10.5. The van der Waals surface area contributed by atoms with Gasteiger partial charge >= 0.3 is 0 Å². The molecule has 1 aliphatic rings. The van der Waals surface area contributed by atoms with E-state index in [9.17, 15) is 13.2 Å². The predicted molar refractivity (Wildman–Crippen MR) is 101 cm³/mol. The van der Waals surface area contributed by atoms with Crippen molar-refractivity contribution in [2.24, 2.45) is 0 Å². The molecule has 1 fully saturated rings. The van der Waals surface area contributed by atoms with Gasteiger partial charge in [-0.1, -0.05) is 36.4 Å². The zero-order chi connectivity index (χ0) is 18.6. The zero-order valence-electron chi connectivity index (χ0n) is 14.8. The summed E-state index contributed by atoms with van der Waals surface area (Å²) in [6.07, 6.45) is 1.87. The minimum atomic E-state index is -3.64. The third-order valence-corrected chi connectivity index (χ3v) is 6.60. The molecule has 6 heteroatoms. The molecule has 3 rings (SSSR count). The van der Waals surface area contributed by atoms with Crippen molar-refractivity contribution in [2.45, 2.75) is 30.8 Å². The van der Waals surface area contributed by atoms with Crippen LogP contribution in [0.1, 0.15) is 25.3 Å². The molecule has 0 saturated carbocycles. The lowest BCUT2D eigenvalue weighted by molar-refractivity contribution is -0.129. The fraction of sp³-hybridized carbons (Fsp3) is 0.350. The van der Waals surface area contributed by atoms with E-state index in [1.807, 2.05) is 30.3 Å². The van der Waals surface area contributed by atoms with Gasteiger partial charge in [-0.25, -0.2) is 8.42 Å². The summed E-state index contributed by atoms with van der Waals surface area (Å²) >= 11 is 0. The molecule has 1 heterocycles. The standard InChI is InChI=1S/C20H23NO4S/c1-16(20(22)21-13-7-8-14-21)26(23,24)15-17-9-5-6-12-19(17)25-18-10-3-2-4-11-18/h2-6,9-12,16H,7-8,13-15H2,1H3. The molecule has 0 aromatic heterocycles. The van der Waals surface area contributed by atoms with Gasteiger partial charge in [0, 0.05) is 18.7 Å². The molecule has 2 aromatic carbocycles. The highest BCUT2D eigenvalue weighted by Crippen LogP contribution is 2.27. The smallest absolute Gasteiger partial charge is 0.240 e. The minimum absolute atomic E-state index is 0.225. The Morgan fingerprint density at radius 1 is 1.04 bits per heavy atom. The molecule has 1 saturated heterocycles. The van der Waals surface area contributed by atoms with Gasteiger partial charge < -0.3 is 9.64 Å². The molecule has 138 valence electrons. The SMILES string of the molecule is CC(C(=O)N1CCCC1)S(=O)(=O)Cc1ccccc1Oc1ccccc1. The molecule has 5 nitrogen and oxygen atoms in total. The lowest BCUT2D eigenvalue weighted by Crippen LogP contribution is -2.40. The summed E-state index contributed by atoms with van der Waals surface area (Å²) in [5.74, 6) is 0.599. The van der Waals surface area contributed by atoms with Crippen molar-refractivity contribution in [3.05, 3.63) is 60.2 Å². The molecule has 1 aliphatic heterocycles. The van der Waals surface area contributed by atoms with Crippen molar-refractivity contribution in [3.63, 3.8) is 0 Å². The Labute approximate surface area is 154 Å². The van der Waals surface area contributed by atoms with Gasteiger partial charge in [0.15, 0.2) is 9.84 Å². The number of benzene rings is 2.